The van der Waals surface area contributed by atoms with Crippen molar-refractivity contribution in [3.63, 3.8) is 0 Å². The second-order valence-corrected chi connectivity index (χ2v) is 10.2. The number of nitrogens with zero attached hydrogens (tertiary/aromatic N) is 2. The fraction of sp³-hybridized carbons (Fsp3) is 0.565. The van der Waals surface area contributed by atoms with Gasteiger partial charge in [-0.1, -0.05) is 0 Å². The number of benzene rings is 1. The Hall–Kier alpha value is -2.41. The number of carbonyl (C=O) groups excluding carboxylic acids is 4. The summed E-state index contributed by atoms with van der Waals surface area (Å²) in [6, 6.07) is 4.56. The molecule has 2 aliphatic rings. The minimum atomic E-state index is -0.640. The Balaban J connectivity index is 1.65. The average molecular weight is 448 g/mol. The average Bonchev–Trinajstić information content (AvgIpc) is 2.97. The third-order valence-electron chi connectivity index (χ3n) is 5.85. The smallest absolute Gasteiger partial charge is 0.262 e. The van der Waals surface area contributed by atoms with Gasteiger partial charge < -0.3 is 10.2 Å². The van der Waals surface area contributed by atoms with E-state index in [1.807, 2.05) is 13.8 Å². The number of carbonyl (C=O) groups is 4. The maximum absolute atomic E-state index is 12.8. The third kappa shape index (κ3) is 4.47. The molecule has 7 nitrogen and oxygen atoms in total. The van der Waals surface area contributed by atoms with Crippen LogP contribution in [-0.2, 0) is 4.79 Å². The third-order valence-corrected chi connectivity index (χ3v) is 6.52. The van der Waals surface area contributed by atoms with Crippen molar-refractivity contribution in [2.75, 3.05) is 19.0 Å². The number of likely N-dealkylation sites (tertiary alicyclic amines) is 1. The molecule has 1 N–H and O–H groups in total. The zero-order valence-corrected chi connectivity index (χ0v) is 19.5. The number of nitrogens with one attached hydrogen (secondary N) is 1. The highest BCUT2D eigenvalue weighted by Crippen LogP contribution is 2.30. The van der Waals surface area contributed by atoms with Crippen LogP contribution in [0.15, 0.2) is 18.2 Å². The molecule has 0 aromatic heterocycles. The van der Waals surface area contributed by atoms with E-state index >= 15 is 0 Å². The molecule has 168 valence electrons. The van der Waals surface area contributed by atoms with E-state index < -0.39 is 11.0 Å². The van der Waals surface area contributed by atoms with E-state index in [4.69, 9.17) is 11.6 Å². The van der Waals surface area contributed by atoms with Crippen LogP contribution in [0.25, 0.3) is 0 Å². The van der Waals surface area contributed by atoms with Crippen molar-refractivity contribution in [2.45, 2.75) is 59.0 Å². The lowest BCUT2D eigenvalue weighted by Crippen LogP contribution is -2.50. The van der Waals surface area contributed by atoms with E-state index in [-0.39, 0.29) is 41.1 Å². The maximum atomic E-state index is 12.8. The number of hydrogen-bond donors (Lipinski definition) is 1. The quantitative estimate of drug-likeness (QED) is 0.567. The van der Waals surface area contributed by atoms with Gasteiger partial charge in [-0.05, 0) is 65.7 Å². The van der Waals surface area contributed by atoms with Crippen LogP contribution in [0.2, 0.25) is 0 Å². The molecule has 0 aliphatic carbocycles. The molecule has 0 saturated carbocycles. The molecule has 2 aliphatic heterocycles. The largest absolute Gasteiger partial charge is 0.349 e. The number of amides is 4. The first kappa shape index (κ1) is 23.3. The Kier molecular flexibility index (Phi) is 6.20. The molecule has 0 radical (unpaired) electrons. The van der Waals surface area contributed by atoms with Gasteiger partial charge in [0.1, 0.15) is 0 Å². The van der Waals surface area contributed by atoms with Gasteiger partial charge in [-0.3, -0.25) is 24.1 Å². The summed E-state index contributed by atoms with van der Waals surface area (Å²) in [5.41, 5.74) is -0.314. The van der Waals surface area contributed by atoms with E-state index in [0.717, 1.165) is 0 Å². The molecule has 3 rings (SSSR count). The second kappa shape index (κ2) is 8.26. The fourth-order valence-electron chi connectivity index (χ4n) is 3.97. The number of alkyl halides is 1. The van der Waals surface area contributed by atoms with Crippen LogP contribution in [-0.4, -0.2) is 64.0 Å². The van der Waals surface area contributed by atoms with Gasteiger partial charge in [0.25, 0.3) is 17.7 Å². The van der Waals surface area contributed by atoms with E-state index in [9.17, 15) is 19.2 Å². The van der Waals surface area contributed by atoms with Gasteiger partial charge in [-0.2, -0.15) is 0 Å². The Morgan fingerprint density at radius 3 is 2.16 bits per heavy atom. The first-order chi connectivity index (χ1) is 14.4. The number of fused-ring (bicyclic) bond motifs is 1. The van der Waals surface area contributed by atoms with Gasteiger partial charge in [0.05, 0.1) is 16.5 Å². The number of piperidine rings is 1. The molecule has 1 fully saturated rings. The summed E-state index contributed by atoms with van der Waals surface area (Å²) in [6.45, 7) is 10.2. The number of halogens is 1. The summed E-state index contributed by atoms with van der Waals surface area (Å²) in [7, 11) is 0. The van der Waals surface area contributed by atoms with Gasteiger partial charge in [0, 0.05) is 36.1 Å². The van der Waals surface area contributed by atoms with Crippen molar-refractivity contribution >= 4 is 35.2 Å². The second-order valence-electron chi connectivity index (χ2n) is 9.93. The molecule has 1 aromatic rings. The maximum Gasteiger partial charge on any atom is 0.262 e. The standard InChI is InChI=1S/C23H30ClN3O4/c1-22(2,3)27-19(29)16-7-6-14(12-17(16)20(27)30)18(28)25-15-8-10-26(11-9-15)21(31)23(4,5)13-24/h6-7,12,15H,8-11,13H2,1-5H3,(H,25,28). The van der Waals surface area contributed by atoms with Crippen LogP contribution >= 0.6 is 11.6 Å². The molecule has 1 aromatic carbocycles. The Morgan fingerprint density at radius 1 is 1.03 bits per heavy atom. The minimum Gasteiger partial charge on any atom is -0.349 e. The molecule has 0 atom stereocenters. The minimum absolute atomic E-state index is 0.0254. The van der Waals surface area contributed by atoms with Crippen molar-refractivity contribution < 1.29 is 19.2 Å². The Morgan fingerprint density at radius 2 is 1.61 bits per heavy atom. The van der Waals surface area contributed by atoms with E-state index in [1.54, 1.807) is 37.8 Å². The summed E-state index contributed by atoms with van der Waals surface area (Å²) >= 11 is 5.91. The molecule has 8 heteroatoms. The predicted octanol–water partition coefficient (Wildman–Crippen LogP) is 3.07. The molecule has 31 heavy (non-hydrogen) atoms. The molecule has 2 heterocycles. The van der Waals surface area contributed by atoms with Crippen molar-refractivity contribution in [2.24, 2.45) is 5.41 Å². The highest BCUT2D eigenvalue weighted by molar-refractivity contribution is 6.22. The van der Waals surface area contributed by atoms with Crippen LogP contribution in [0.3, 0.4) is 0 Å². The van der Waals surface area contributed by atoms with E-state index in [1.165, 1.54) is 11.0 Å². The number of rotatable bonds is 4. The zero-order valence-electron chi connectivity index (χ0n) is 18.8. The van der Waals surface area contributed by atoms with Crippen LogP contribution < -0.4 is 5.32 Å². The Labute approximate surface area is 188 Å². The van der Waals surface area contributed by atoms with Gasteiger partial charge >= 0.3 is 0 Å². The summed E-state index contributed by atoms with van der Waals surface area (Å²) in [6.07, 6.45) is 1.30. The van der Waals surface area contributed by atoms with Crippen LogP contribution in [0.5, 0.6) is 0 Å². The molecule has 4 amide bonds. The lowest BCUT2D eigenvalue weighted by atomic mass is 9.92. The van der Waals surface area contributed by atoms with Crippen molar-refractivity contribution in [1.29, 1.82) is 0 Å². The lowest BCUT2D eigenvalue weighted by molar-refractivity contribution is -0.140. The monoisotopic (exact) mass is 447 g/mol. The van der Waals surface area contributed by atoms with Crippen molar-refractivity contribution in [3.8, 4) is 0 Å². The highest BCUT2D eigenvalue weighted by atomic mass is 35.5. The summed E-state index contributed by atoms with van der Waals surface area (Å²) in [4.78, 5) is 53.7. The molecular formula is C23H30ClN3O4. The van der Waals surface area contributed by atoms with Crippen LogP contribution in [0.1, 0.15) is 78.5 Å². The van der Waals surface area contributed by atoms with Gasteiger partial charge in [0.2, 0.25) is 5.91 Å². The number of imide groups is 1. The van der Waals surface area contributed by atoms with Crippen molar-refractivity contribution in [3.05, 3.63) is 34.9 Å². The van der Waals surface area contributed by atoms with E-state index in [2.05, 4.69) is 5.32 Å². The van der Waals surface area contributed by atoms with Gasteiger partial charge in [0.15, 0.2) is 0 Å². The summed E-state index contributed by atoms with van der Waals surface area (Å²) in [5.74, 6) is -0.720. The molecule has 0 unspecified atom stereocenters. The fourth-order valence-corrected chi connectivity index (χ4v) is 4.09. The molecular weight excluding hydrogens is 418 g/mol. The molecule has 0 spiro atoms. The first-order valence-electron chi connectivity index (χ1n) is 10.6. The first-order valence-corrected chi connectivity index (χ1v) is 11.1. The lowest BCUT2D eigenvalue weighted by Gasteiger charge is -2.36. The van der Waals surface area contributed by atoms with Crippen molar-refractivity contribution in [1.82, 2.24) is 15.1 Å². The number of hydrogen-bond acceptors (Lipinski definition) is 4. The summed E-state index contributed by atoms with van der Waals surface area (Å²) in [5, 5.41) is 2.99. The van der Waals surface area contributed by atoms with E-state index in [0.29, 0.717) is 37.1 Å². The topological polar surface area (TPSA) is 86.8 Å². The van der Waals surface area contributed by atoms with Gasteiger partial charge in [-0.25, -0.2) is 0 Å². The highest BCUT2D eigenvalue weighted by Gasteiger charge is 2.42. The molecule has 1 saturated heterocycles. The Bertz CT molecular complexity index is 927. The van der Waals surface area contributed by atoms with Gasteiger partial charge in [-0.15, -0.1) is 11.6 Å². The predicted molar refractivity (Wildman–Crippen MR) is 118 cm³/mol. The zero-order chi connectivity index (χ0) is 23.1. The SMILES string of the molecule is CC(C)(CCl)C(=O)N1CCC(NC(=O)c2ccc3c(c2)C(=O)N(C(C)(C)C)C3=O)CC1. The normalized spacial score (nSPS) is 17.7. The van der Waals surface area contributed by atoms with Crippen LogP contribution in [0, 0.1) is 5.41 Å². The molecule has 0 bridgehead atoms. The van der Waals surface area contributed by atoms with Crippen LogP contribution in [0.4, 0.5) is 0 Å². The summed E-state index contributed by atoms with van der Waals surface area (Å²) < 4.78 is 0.